The SMILES string of the molecule is CN1C(=O)C([Se]c2ccccc2)=C(c2cccs2)C12C=CC(=O)C=C2. The molecule has 0 fully saturated rings. The summed E-state index contributed by atoms with van der Waals surface area (Å²) in [6.07, 6.45) is 6.85. The molecule has 2 aliphatic rings. The number of benzene rings is 1. The Hall–Kier alpha value is -2.20. The molecule has 25 heavy (non-hydrogen) atoms. The van der Waals surface area contributed by atoms with Crippen molar-refractivity contribution >= 4 is 48.0 Å². The molecule has 0 saturated heterocycles. The second kappa shape index (κ2) is 6.26. The van der Waals surface area contributed by atoms with Crippen molar-refractivity contribution in [1.29, 1.82) is 0 Å². The minimum atomic E-state index is -0.665. The van der Waals surface area contributed by atoms with Gasteiger partial charge in [-0.1, -0.05) is 0 Å². The van der Waals surface area contributed by atoms with Crippen LogP contribution in [0.15, 0.2) is 76.6 Å². The molecule has 3 nitrogen and oxygen atoms in total. The first-order valence-electron chi connectivity index (χ1n) is 7.84. The Morgan fingerprint density at radius 3 is 2.36 bits per heavy atom. The summed E-state index contributed by atoms with van der Waals surface area (Å²) in [5, 5.41) is 2.02. The third-order valence-electron chi connectivity index (χ3n) is 4.42. The van der Waals surface area contributed by atoms with Gasteiger partial charge in [0.15, 0.2) is 0 Å². The predicted octanol–water partition coefficient (Wildman–Crippen LogP) is 2.39. The molecule has 1 aromatic heterocycles. The molecule has 0 unspecified atom stereocenters. The van der Waals surface area contributed by atoms with Gasteiger partial charge in [0.2, 0.25) is 0 Å². The van der Waals surface area contributed by atoms with Crippen LogP contribution in [-0.2, 0) is 9.59 Å². The van der Waals surface area contributed by atoms with Crippen molar-refractivity contribution < 1.29 is 9.59 Å². The number of hydrogen-bond donors (Lipinski definition) is 0. The van der Waals surface area contributed by atoms with Gasteiger partial charge in [-0.05, 0) is 0 Å². The van der Waals surface area contributed by atoms with E-state index in [0.717, 1.165) is 19.4 Å². The number of rotatable bonds is 3. The van der Waals surface area contributed by atoms with Crippen LogP contribution >= 0.6 is 11.3 Å². The van der Waals surface area contributed by atoms with Crippen LogP contribution in [0.1, 0.15) is 4.88 Å². The van der Waals surface area contributed by atoms with Crippen LogP contribution in [0.5, 0.6) is 0 Å². The zero-order valence-corrected chi connectivity index (χ0v) is 16.0. The summed E-state index contributed by atoms with van der Waals surface area (Å²) in [6, 6.07) is 14.2. The Morgan fingerprint density at radius 1 is 1.00 bits per heavy atom. The Morgan fingerprint density at radius 2 is 1.72 bits per heavy atom. The van der Waals surface area contributed by atoms with Crippen molar-refractivity contribution in [2.75, 3.05) is 7.05 Å². The van der Waals surface area contributed by atoms with Crippen molar-refractivity contribution in [3.63, 3.8) is 0 Å². The molecule has 2 heterocycles. The van der Waals surface area contributed by atoms with Gasteiger partial charge in [0, 0.05) is 0 Å². The average molecular weight is 412 g/mol. The summed E-state index contributed by atoms with van der Waals surface area (Å²) in [7, 11) is 1.81. The third kappa shape index (κ3) is 2.65. The number of thiophene rings is 1. The summed E-state index contributed by atoms with van der Waals surface area (Å²) in [5.74, 6) is -0.00470. The molecule has 2 aromatic rings. The standard InChI is InChI=1S/C20H15NO2SSe/c1-21-19(23)18(25-15-6-3-2-4-7-15)17(16-8-5-13-24-16)20(21)11-9-14(22)10-12-20/h2-13H,1H3. The van der Waals surface area contributed by atoms with Crippen molar-refractivity contribution in [2.45, 2.75) is 5.54 Å². The van der Waals surface area contributed by atoms with Gasteiger partial charge in [-0.3, -0.25) is 0 Å². The quantitative estimate of drug-likeness (QED) is 0.727. The van der Waals surface area contributed by atoms with Gasteiger partial charge in [0.05, 0.1) is 0 Å². The Labute approximate surface area is 156 Å². The number of carbonyl (C=O) groups excluding carboxylic acids is 2. The molecule has 1 aliphatic heterocycles. The molecule has 0 N–H and O–H groups in total. The van der Waals surface area contributed by atoms with Crippen LogP contribution in [0.25, 0.3) is 5.57 Å². The van der Waals surface area contributed by atoms with Gasteiger partial charge >= 0.3 is 157 Å². The molecule has 4 rings (SSSR count). The van der Waals surface area contributed by atoms with Crippen LogP contribution in [0.3, 0.4) is 0 Å². The van der Waals surface area contributed by atoms with Crippen molar-refractivity contribution in [1.82, 2.24) is 4.90 Å². The van der Waals surface area contributed by atoms with Gasteiger partial charge in [-0.25, -0.2) is 0 Å². The fourth-order valence-electron chi connectivity index (χ4n) is 3.13. The van der Waals surface area contributed by atoms with E-state index >= 15 is 0 Å². The predicted molar refractivity (Wildman–Crippen MR) is 102 cm³/mol. The van der Waals surface area contributed by atoms with Gasteiger partial charge in [0.1, 0.15) is 0 Å². The van der Waals surface area contributed by atoms with Crippen LogP contribution < -0.4 is 4.46 Å². The van der Waals surface area contributed by atoms with Crippen molar-refractivity contribution in [3.8, 4) is 0 Å². The van der Waals surface area contributed by atoms with E-state index in [9.17, 15) is 9.59 Å². The first-order valence-corrected chi connectivity index (χ1v) is 10.4. The van der Waals surface area contributed by atoms with Gasteiger partial charge in [-0.15, -0.1) is 0 Å². The van der Waals surface area contributed by atoms with E-state index in [2.05, 4.69) is 12.1 Å². The first kappa shape index (κ1) is 16.3. The summed E-state index contributed by atoms with van der Waals surface area (Å²) in [6.45, 7) is 0. The van der Waals surface area contributed by atoms with E-state index in [1.807, 2.05) is 54.9 Å². The zero-order chi connectivity index (χ0) is 17.4. The Balaban J connectivity index is 1.91. The van der Waals surface area contributed by atoms with Crippen LogP contribution in [-0.4, -0.2) is 44.1 Å². The second-order valence-corrected chi connectivity index (χ2v) is 9.08. The number of likely N-dealkylation sites (N-methyl/N-ethyl adjacent to an activating group) is 1. The number of nitrogens with zero attached hydrogens (tertiary/aromatic N) is 1. The number of amides is 1. The van der Waals surface area contributed by atoms with Gasteiger partial charge in [-0.2, -0.15) is 0 Å². The maximum atomic E-state index is 13.1. The topological polar surface area (TPSA) is 37.4 Å². The summed E-state index contributed by atoms with van der Waals surface area (Å²) >= 11 is 1.53. The maximum absolute atomic E-state index is 13.1. The van der Waals surface area contributed by atoms with E-state index in [-0.39, 0.29) is 26.6 Å². The molecular formula is C20H15NO2SSe. The summed E-state index contributed by atoms with van der Waals surface area (Å²) < 4.78 is 2.02. The second-order valence-electron chi connectivity index (χ2n) is 5.86. The molecule has 1 amide bonds. The molecule has 1 aliphatic carbocycles. The molecule has 1 spiro atoms. The zero-order valence-electron chi connectivity index (χ0n) is 13.5. The molecule has 0 atom stereocenters. The summed E-state index contributed by atoms with van der Waals surface area (Å²) in [5.41, 5.74) is 0.348. The molecular weight excluding hydrogens is 397 g/mol. The van der Waals surface area contributed by atoms with Crippen LogP contribution in [0.2, 0.25) is 0 Å². The molecule has 0 saturated carbocycles. The van der Waals surface area contributed by atoms with E-state index < -0.39 is 5.54 Å². The van der Waals surface area contributed by atoms with E-state index in [1.54, 1.807) is 28.4 Å². The van der Waals surface area contributed by atoms with Crippen LogP contribution in [0.4, 0.5) is 0 Å². The van der Waals surface area contributed by atoms with Gasteiger partial charge in [0.25, 0.3) is 0 Å². The third-order valence-corrected chi connectivity index (χ3v) is 7.59. The average Bonchev–Trinajstić information content (AvgIpc) is 3.22. The first-order chi connectivity index (χ1) is 12.1. The molecule has 124 valence electrons. The van der Waals surface area contributed by atoms with Crippen LogP contribution in [0, 0.1) is 0 Å². The molecule has 1 aromatic carbocycles. The molecule has 0 bridgehead atoms. The summed E-state index contributed by atoms with van der Waals surface area (Å²) in [4.78, 5) is 27.6. The Kier molecular flexibility index (Phi) is 4.08. The monoisotopic (exact) mass is 413 g/mol. The van der Waals surface area contributed by atoms with E-state index in [4.69, 9.17) is 0 Å². The molecule has 0 radical (unpaired) electrons. The van der Waals surface area contributed by atoms with Crippen molar-refractivity contribution in [2.24, 2.45) is 0 Å². The normalized spacial score (nSPS) is 18.7. The fraction of sp³-hybridized carbons (Fsp3) is 0.100. The molecule has 5 heteroatoms. The van der Waals surface area contributed by atoms with Gasteiger partial charge < -0.3 is 0 Å². The number of ketones is 1. The number of hydrogen-bond acceptors (Lipinski definition) is 3. The van der Waals surface area contributed by atoms with Crippen molar-refractivity contribution in [3.05, 3.63) is 81.5 Å². The number of allylic oxidation sites excluding steroid dienone is 2. The minimum absolute atomic E-state index is 0.0379. The fourth-order valence-corrected chi connectivity index (χ4v) is 6.49. The van der Waals surface area contributed by atoms with E-state index in [0.29, 0.717) is 0 Å². The number of carbonyl (C=O) groups is 2. The van der Waals surface area contributed by atoms with E-state index in [1.165, 1.54) is 0 Å². The Bertz CT molecular complexity index is 910.